The van der Waals surface area contributed by atoms with Crippen molar-refractivity contribution in [3.8, 4) is 0 Å². The van der Waals surface area contributed by atoms with E-state index in [0.29, 0.717) is 21.8 Å². The third kappa shape index (κ3) is 11.2. The van der Waals surface area contributed by atoms with E-state index in [0.717, 1.165) is 0 Å². The van der Waals surface area contributed by atoms with Crippen LogP contribution in [-0.4, -0.2) is 64.8 Å². The highest BCUT2D eigenvalue weighted by Crippen LogP contribution is 2.27. The second-order valence-corrected chi connectivity index (χ2v) is 18.5. The van der Waals surface area contributed by atoms with Crippen molar-refractivity contribution in [1.82, 2.24) is 19.8 Å². The van der Waals surface area contributed by atoms with Crippen molar-refractivity contribution in [2.24, 2.45) is 11.8 Å². The summed E-state index contributed by atoms with van der Waals surface area (Å²) in [7, 11) is -4.06. The summed E-state index contributed by atoms with van der Waals surface area (Å²) in [4.78, 5) is 54.3. The average molecular weight is 751 g/mol. The van der Waals surface area contributed by atoms with E-state index >= 15 is 0 Å². The van der Waals surface area contributed by atoms with Gasteiger partial charge in [0.25, 0.3) is 11.8 Å². The number of carbonyl (C=O) groups is 4. The highest BCUT2D eigenvalue weighted by atomic mass is 32.2. The summed E-state index contributed by atoms with van der Waals surface area (Å²) in [5, 5.41) is 6.73. The molecule has 2 aromatic heterocycles. The predicted molar refractivity (Wildman–Crippen MR) is 207 cm³/mol. The minimum absolute atomic E-state index is 0.0108. The van der Waals surface area contributed by atoms with Gasteiger partial charge in [0.1, 0.15) is 23.3 Å². The lowest BCUT2D eigenvalue weighted by Crippen LogP contribution is -2.46. The first-order chi connectivity index (χ1) is 24.5. The smallest absolute Gasteiger partial charge is 0.408 e. The monoisotopic (exact) mass is 750 g/mol. The molecule has 0 spiro atoms. The average Bonchev–Trinajstić information content (AvgIpc) is 3.53. The van der Waals surface area contributed by atoms with E-state index < -0.39 is 68.6 Å². The summed E-state index contributed by atoms with van der Waals surface area (Å²) in [6.45, 7) is 18.0. The van der Waals surface area contributed by atoms with Gasteiger partial charge in [0.05, 0.1) is 22.5 Å². The van der Waals surface area contributed by atoms with Crippen molar-refractivity contribution in [3.63, 3.8) is 0 Å². The van der Waals surface area contributed by atoms with Crippen LogP contribution < -0.4 is 10.6 Å². The maximum Gasteiger partial charge on any atom is 0.408 e. The summed E-state index contributed by atoms with van der Waals surface area (Å²) in [5.74, 6) is -2.03. The number of fused-ring (bicyclic) bond motifs is 2. The molecule has 2 N–H and O–H groups in total. The zero-order chi connectivity index (χ0) is 39.5. The van der Waals surface area contributed by atoms with Crippen molar-refractivity contribution in [2.45, 2.75) is 117 Å². The molecule has 0 fully saturated rings. The number of sulfone groups is 1. The second-order valence-electron chi connectivity index (χ2n) is 16.4. The van der Waals surface area contributed by atoms with E-state index in [9.17, 15) is 27.6 Å². The molecule has 4 rings (SSSR count). The van der Waals surface area contributed by atoms with Crippen LogP contribution in [0.25, 0.3) is 21.8 Å². The van der Waals surface area contributed by atoms with E-state index in [2.05, 4.69) is 10.6 Å². The molecular weight excluding hydrogens is 697 g/mol. The molecule has 0 saturated carbocycles. The van der Waals surface area contributed by atoms with Crippen LogP contribution in [0.1, 0.15) is 103 Å². The van der Waals surface area contributed by atoms with Crippen molar-refractivity contribution >= 4 is 55.6 Å². The van der Waals surface area contributed by atoms with Crippen LogP contribution in [0.5, 0.6) is 0 Å². The molecule has 2 heterocycles. The molecule has 12 nitrogen and oxygen atoms in total. The van der Waals surface area contributed by atoms with Gasteiger partial charge in [0.15, 0.2) is 9.84 Å². The molecular formula is C40H54N4O8S. The van der Waals surface area contributed by atoms with E-state index in [1.54, 1.807) is 102 Å². The van der Waals surface area contributed by atoms with Gasteiger partial charge in [0, 0.05) is 22.2 Å². The Morgan fingerprint density at radius 1 is 0.623 bits per heavy atom. The molecule has 0 unspecified atom stereocenters. The summed E-state index contributed by atoms with van der Waals surface area (Å²) < 4.78 is 42.0. The van der Waals surface area contributed by atoms with Crippen molar-refractivity contribution in [2.75, 3.05) is 0 Å². The number of ether oxygens (including phenoxy) is 2. The maximum absolute atomic E-state index is 14.3. The molecule has 0 radical (unpaired) electrons. The number of rotatable bonds is 12. The van der Waals surface area contributed by atoms with Crippen LogP contribution in [0.2, 0.25) is 0 Å². The highest BCUT2D eigenvalue weighted by Gasteiger charge is 2.32. The van der Waals surface area contributed by atoms with Gasteiger partial charge in [-0.2, -0.15) is 0 Å². The quantitative estimate of drug-likeness (QED) is 0.148. The Morgan fingerprint density at radius 2 is 0.962 bits per heavy atom. The zero-order valence-corrected chi connectivity index (χ0v) is 33.3. The number of para-hydroxylation sites is 2. The molecule has 2 atom stereocenters. The number of nitrogens with one attached hydrogen (secondary N) is 2. The largest absolute Gasteiger partial charge is 0.444 e. The Hall–Kier alpha value is -4.65. The van der Waals surface area contributed by atoms with Crippen LogP contribution >= 0.6 is 0 Å². The summed E-state index contributed by atoms with van der Waals surface area (Å²) in [5.41, 5.74) is -0.157. The second kappa shape index (κ2) is 16.2. The maximum atomic E-state index is 14.3. The number of aromatic nitrogens is 2. The minimum Gasteiger partial charge on any atom is -0.444 e. The Kier molecular flexibility index (Phi) is 12.5. The first kappa shape index (κ1) is 41.1. The zero-order valence-electron chi connectivity index (χ0n) is 32.5. The third-order valence-electron chi connectivity index (χ3n) is 8.14. The number of amides is 2. The normalized spacial score (nSPS) is 13.7. The highest BCUT2D eigenvalue weighted by molar-refractivity contribution is 7.89. The first-order valence-corrected chi connectivity index (χ1v) is 19.8. The number of benzene rings is 2. The van der Waals surface area contributed by atoms with Crippen LogP contribution in [0.4, 0.5) is 9.59 Å². The van der Waals surface area contributed by atoms with Gasteiger partial charge in [-0.3, -0.25) is 18.7 Å². The Balaban J connectivity index is 1.74. The van der Waals surface area contributed by atoms with Gasteiger partial charge >= 0.3 is 12.2 Å². The molecule has 0 aliphatic heterocycles. The number of alkyl carbamates (subject to hydrolysis) is 2. The van der Waals surface area contributed by atoms with Crippen LogP contribution in [-0.2, 0) is 30.8 Å². The Bertz CT molecular complexity index is 1940. The molecule has 2 aromatic carbocycles. The van der Waals surface area contributed by atoms with Gasteiger partial charge in [-0.15, -0.1) is 0 Å². The summed E-state index contributed by atoms with van der Waals surface area (Å²) in [6.07, 6.45) is -0.935. The van der Waals surface area contributed by atoms with Gasteiger partial charge in [-0.05, 0) is 90.5 Å². The molecule has 53 heavy (non-hydrogen) atoms. The number of nitrogens with zero attached hydrogens (tertiary/aromatic N) is 2. The molecule has 0 aliphatic carbocycles. The van der Waals surface area contributed by atoms with E-state index in [-0.39, 0.29) is 36.1 Å². The first-order valence-electron chi connectivity index (χ1n) is 18.0. The van der Waals surface area contributed by atoms with Gasteiger partial charge in [-0.25, -0.2) is 18.0 Å². The van der Waals surface area contributed by atoms with Crippen molar-refractivity contribution < 1.29 is 37.1 Å². The Labute approximate surface area is 312 Å². The molecule has 288 valence electrons. The van der Waals surface area contributed by atoms with Gasteiger partial charge < -0.3 is 20.1 Å². The van der Waals surface area contributed by atoms with E-state index in [1.807, 2.05) is 27.7 Å². The number of hydrogen-bond donors (Lipinski definition) is 2. The van der Waals surface area contributed by atoms with E-state index in [4.69, 9.17) is 9.47 Å². The molecule has 0 bridgehead atoms. The standard InChI is InChI=1S/C40H54N4O8S/c1-25(2)19-31(41-37(47)51-39(5,6)7)35(45)43-29(21-27-15-11-13-17-33(27)43)23-53(49,50)24-30-22-28-16-12-14-18-34(28)44(30)36(46)32(20-26(3)4)42-38(48)52-40(8,9)10/h11-18,21-22,25-26,31-32H,19-20,23-24H2,1-10H3,(H,41,47)(H,42,48)/t31-,32-/m0/s1. The topological polar surface area (TPSA) is 155 Å². The molecule has 13 heteroatoms. The van der Waals surface area contributed by atoms with Crippen LogP contribution in [0.3, 0.4) is 0 Å². The SMILES string of the molecule is CC(C)C[C@H](NC(=O)OC(C)(C)C)C(=O)n1c(CS(=O)(=O)Cc2cc3ccccc3n2C(=O)[C@H](CC(C)C)NC(=O)OC(C)(C)C)cc2ccccc21. The lowest BCUT2D eigenvalue weighted by molar-refractivity contribution is 0.0469. The molecule has 0 saturated heterocycles. The predicted octanol–water partition coefficient (Wildman–Crippen LogP) is 7.87. The fraction of sp³-hybridized carbons (Fsp3) is 0.500. The third-order valence-corrected chi connectivity index (χ3v) is 9.61. The Morgan fingerprint density at radius 3 is 1.28 bits per heavy atom. The number of hydrogen-bond acceptors (Lipinski definition) is 8. The fourth-order valence-corrected chi connectivity index (χ4v) is 7.68. The fourth-order valence-electron chi connectivity index (χ4n) is 6.26. The van der Waals surface area contributed by atoms with Crippen LogP contribution in [0.15, 0.2) is 60.7 Å². The molecule has 0 aliphatic rings. The molecule has 2 amide bonds. The lowest BCUT2D eigenvalue weighted by atomic mass is 10.0. The summed E-state index contributed by atoms with van der Waals surface area (Å²) in [6, 6.07) is 15.5. The summed E-state index contributed by atoms with van der Waals surface area (Å²) >= 11 is 0. The van der Waals surface area contributed by atoms with E-state index in [1.165, 1.54) is 9.13 Å². The van der Waals surface area contributed by atoms with Gasteiger partial charge in [0.2, 0.25) is 0 Å². The van der Waals surface area contributed by atoms with Crippen molar-refractivity contribution in [1.29, 1.82) is 0 Å². The van der Waals surface area contributed by atoms with Crippen LogP contribution in [0, 0.1) is 11.8 Å². The van der Waals surface area contributed by atoms with Crippen molar-refractivity contribution in [3.05, 3.63) is 72.1 Å². The molecule has 4 aromatic rings. The lowest BCUT2D eigenvalue weighted by Gasteiger charge is -2.25. The van der Waals surface area contributed by atoms with Gasteiger partial charge in [-0.1, -0.05) is 64.1 Å². The number of carbonyl (C=O) groups excluding carboxylic acids is 4. The minimum atomic E-state index is -4.06.